The molecule has 0 aliphatic carbocycles. The maximum absolute atomic E-state index is 11.9. The van der Waals surface area contributed by atoms with Gasteiger partial charge in [-0.25, -0.2) is 4.79 Å². The molecule has 0 spiro atoms. The zero-order chi connectivity index (χ0) is 13.7. The number of amides is 1. The molecular formula is C12H13BrClNO3. The number of carbonyl (C=O) groups is 2. The predicted octanol–water partition coefficient (Wildman–Crippen LogP) is 2.78. The van der Waals surface area contributed by atoms with Crippen LogP contribution in [0.1, 0.15) is 24.2 Å². The number of nitrogens with one attached hydrogen (secondary N) is 1. The monoisotopic (exact) mass is 333 g/mol. The minimum atomic E-state index is -0.715. The van der Waals surface area contributed by atoms with Gasteiger partial charge in [-0.2, -0.15) is 0 Å². The SMILES string of the molecule is CCOC(=O)C(C)NC(=O)c1cccc(Br)c1Cl. The van der Waals surface area contributed by atoms with Crippen LogP contribution in [0.25, 0.3) is 0 Å². The molecule has 0 bridgehead atoms. The summed E-state index contributed by atoms with van der Waals surface area (Å²) in [6, 6.07) is 4.29. The molecule has 1 aromatic rings. The third-order valence-electron chi connectivity index (χ3n) is 2.18. The van der Waals surface area contributed by atoms with Crippen LogP contribution in [-0.2, 0) is 9.53 Å². The Bertz CT molecular complexity index is 465. The maximum atomic E-state index is 11.9. The van der Waals surface area contributed by atoms with Crippen LogP contribution in [0.3, 0.4) is 0 Å². The van der Waals surface area contributed by atoms with Crippen LogP contribution in [0.4, 0.5) is 0 Å². The van der Waals surface area contributed by atoms with Crippen molar-refractivity contribution in [2.45, 2.75) is 19.9 Å². The van der Waals surface area contributed by atoms with Crippen molar-refractivity contribution >= 4 is 39.4 Å². The average Bonchev–Trinajstić information content (AvgIpc) is 2.32. The Labute approximate surface area is 119 Å². The van der Waals surface area contributed by atoms with Gasteiger partial charge in [0.2, 0.25) is 0 Å². The summed E-state index contributed by atoms with van der Waals surface area (Å²) >= 11 is 9.22. The van der Waals surface area contributed by atoms with Gasteiger partial charge in [-0.05, 0) is 41.9 Å². The molecule has 0 aliphatic rings. The fourth-order valence-electron chi connectivity index (χ4n) is 1.28. The van der Waals surface area contributed by atoms with Crippen molar-refractivity contribution in [3.05, 3.63) is 33.3 Å². The highest BCUT2D eigenvalue weighted by Crippen LogP contribution is 2.25. The lowest BCUT2D eigenvalue weighted by Crippen LogP contribution is -2.39. The quantitative estimate of drug-likeness (QED) is 0.862. The molecule has 0 saturated heterocycles. The molecule has 0 fully saturated rings. The van der Waals surface area contributed by atoms with Crippen molar-refractivity contribution in [2.24, 2.45) is 0 Å². The van der Waals surface area contributed by atoms with E-state index >= 15 is 0 Å². The predicted molar refractivity (Wildman–Crippen MR) is 72.7 cm³/mol. The molecule has 0 aromatic heterocycles. The fourth-order valence-corrected chi connectivity index (χ4v) is 1.86. The molecule has 1 unspecified atom stereocenters. The Balaban J connectivity index is 2.77. The van der Waals surface area contributed by atoms with Crippen molar-refractivity contribution in [3.8, 4) is 0 Å². The second-order valence-electron chi connectivity index (χ2n) is 3.55. The molecular weight excluding hydrogens is 321 g/mol. The highest BCUT2D eigenvalue weighted by molar-refractivity contribution is 9.10. The van der Waals surface area contributed by atoms with E-state index in [0.29, 0.717) is 15.1 Å². The summed E-state index contributed by atoms with van der Waals surface area (Å²) in [5.74, 6) is -0.890. The Kier molecular flexibility index (Phi) is 5.62. The second kappa shape index (κ2) is 6.75. The van der Waals surface area contributed by atoms with Gasteiger partial charge in [-0.15, -0.1) is 0 Å². The maximum Gasteiger partial charge on any atom is 0.328 e. The van der Waals surface area contributed by atoms with Crippen LogP contribution in [0.2, 0.25) is 5.02 Å². The first-order valence-corrected chi connectivity index (χ1v) is 6.56. The molecule has 4 nitrogen and oxygen atoms in total. The lowest BCUT2D eigenvalue weighted by atomic mass is 10.2. The van der Waals surface area contributed by atoms with Gasteiger partial charge in [-0.3, -0.25) is 4.79 Å². The van der Waals surface area contributed by atoms with Gasteiger partial charge in [0, 0.05) is 4.47 Å². The third-order valence-corrected chi connectivity index (χ3v) is 3.48. The van der Waals surface area contributed by atoms with Gasteiger partial charge in [0.05, 0.1) is 17.2 Å². The number of carbonyl (C=O) groups excluding carboxylic acids is 2. The molecule has 98 valence electrons. The smallest absolute Gasteiger partial charge is 0.328 e. The van der Waals surface area contributed by atoms with Gasteiger partial charge in [0.25, 0.3) is 5.91 Å². The number of hydrogen-bond donors (Lipinski definition) is 1. The minimum absolute atomic E-state index is 0.274. The highest BCUT2D eigenvalue weighted by Gasteiger charge is 2.19. The van der Waals surface area contributed by atoms with Crippen LogP contribution < -0.4 is 5.32 Å². The zero-order valence-corrected chi connectivity index (χ0v) is 12.3. The summed E-state index contributed by atoms with van der Waals surface area (Å²) in [5.41, 5.74) is 0.308. The van der Waals surface area contributed by atoms with Gasteiger partial charge < -0.3 is 10.1 Å². The van der Waals surface area contributed by atoms with Crippen LogP contribution >= 0.6 is 27.5 Å². The zero-order valence-electron chi connectivity index (χ0n) is 10.00. The average molecular weight is 335 g/mol. The summed E-state index contributed by atoms with van der Waals surface area (Å²) in [6.45, 7) is 3.54. The third kappa shape index (κ3) is 3.71. The van der Waals surface area contributed by atoms with Crippen LogP contribution in [0, 0.1) is 0 Å². The molecule has 0 aliphatic heterocycles. The first-order valence-electron chi connectivity index (χ1n) is 5.38. The second-order valence-corrected chi connectivity index (χ2v) is 4.78. The van der Waals surface area contributed by atoms with E-state index in [1.807, 2.05) is 0 Å². The summed E-state index contributed by atoms with van der Waals surface area (Å²) in [6.07, 6.45) is 0. The number of ether oxygens (including phenoxy) is 1. The Morgan fingerprint density at radius 1 is 1.50 bits per heavy atom. The van der Waals surface area contributed by atoms with Crippen molar-refractivity contribution in [2.75, 3.05) is 6.61 Å². The summed E-state index contributed by atoms with van der Waals surface area (Å²) < 4.78 is 5.42. The van der Waals surface area contributed by atoms with E-state index in [0.717, 1.165) is 0 Å². The van der Waals surface area contributed by atoms with Crippen LogP contribution in [0.5, 0.6) is 0 Å². The lowest BCUT2D eigenvalue weighted by molar-refractivity contribution is -0.144. The topological polar surface area (TPSA) is 55.4 Å². The Hall–Kier alpha value is -1.07. The lowest BCUT2D eigenvalue weighted by Gasteiger charge is -2.13. The van der Waals surface area contributed by atoms with E-state index < -0.39 is 17.9 Å². The van der Waals surface area contributed by atoms with Crippen molar-refractivity contribution < 1.29 is 14.3 Å². The number of halogens is 2. The molecule has 1 rings (SSSR count). The van der Waals surface area contributed by atoms with Crippen LogP contribution in [0.15, 0.2) is 22.7 Å². The largest absolute Gasteiger partial charge is 0.464 e. The van der Waals surface area contributed by atoms with Gasteiger partial charge in [0.1, 0.15) is 6.04 Å². The van der Waals surface area contributed by atoms with E-state index in [1.54, 1.807) is 32.0 Å². The van der Waals surface area contributed by atoms with Gasteiger partial charge in [-0.1, -0.05) is 17.7 Å². The standard InChI is InChI=1S/C12H13BrClNO3/c1-3-18-12(17)7(2)15-11(16)8-5-4-6-9(13)10(8)14/h4-7H,3H2,1-2H3,(H,15,16). The number of benzene rings is 1. The molecule has 0 saturated carbocycles. The molecule has 1 aromatic carbocycles. The number of hydrogen-bond acceptors (Lipinski definition) is 3. The first-order chi connectivity index (χ1) is 8.47. The van der Waals surface area contributed by atoms with Crippen LogP contribution in [-0.4, -0.2) is 24.5 Å². The summed E-state index contributed by atoms with van der Waals surface area (Å²) in [5, 5.41) is 2.84. The van der Waals surface area contributed by atoms with Gasteiger partial charge >= 0.3 is 5.97 Å². The summed E-state index contributed by atoms with van der Waals surface area (Å²) in [7, 11) is 0. The Morgan fingerprint density at radius 2 is 2.17 bits per heavy atom. The van der Waals surface area contributed by atoms with E-state index in [4.69, 9.17) is 16.3 Å². The van der Waals surface area contributed by atoms with Gasteiger partial charge in [0.15, 0.2) is 0 Å². The molecule has 6 heteroatoms. The molecule has 1 N–H and O–H groups in total. The van der Waals surface area contributed by atoms with E-state index in [-0.39, 0.29) is 6.61 Å². The fraction of sp³-hybridized carbons (Fsp3) is 0.333. The molecule has 18 heavy (non-hydrogen) atoms. The highest BCUT2D eigenvalue weighted by atomic mass is 79.9. The molecule has 1 atom stereocenters. The van der Waals surface area contributed by atoms with E-state index in [2.05, 4.69) is 21.2 Å². The normalized spacial score (nSPS) is 11.8. The molecule has 0 radical (unpaired) electrons. The Morgan fingerprint density at radius 3 is 2.78 bits per heavy atom. The number of rotatable bonds is 4. The van der Waals surface area contributed by atoms with Crippen molar-refractivity contribution in [3.63, 3.8) is 0 Å². The number of esters is 1. The minimum Gasteiger partial charge on any atom is -0.464 e. The first kappa shape index (κ1) is 15.0. The van der Waals surface area contributed by atoms with E-state index in [1.165, 1.54) is 0 Å². The molecule has 1 amide bonds. The van der Waals surface area contributed by atoms with E-state index in [9.17, 15) is 9.59 Å². The van der Waals surface area contributed by atoms with Crippen molar-refractivity contribution in [1.82, 2.24) is 5.32 Å². The molecule has 0 heterocycles. The summed E-state index contributed by atoms with van der Waals surface area (Å²) in [4.78, 5) is 23.3. The van der Waals surface area contributed by atoms with Crippen molar-refractivity contribution in [1.29, 1.82) is 0 Å².